The van der Waals surface area contributed by atoms with Crippen molar-refractivity contribution < 1.29 is 4.74 Å². The summed E-state index contributed by atoms with van der Waals surface area (Å²) in [5.41, 5.74) is 1.80. The standard InChI is InChI=1S/C17H13BrN2O/c18-15-2-1-3-16(11-15)21-9-8-20-7-6-14-10-13(12-19)4-5-17(14)20/h1-7,10-11H,8-9H2. The van der Waals surface area contributed by atoms with Crippen LogP contribution in [0.25, 0.3) is 10.9 Å². The van der Waals surface area contributed by atoms with Crippen molar-refractivity contribution in [1.82, 2.24) is 4.57 Å². The summed E-state index contributed by atoms with van der Waals surface area (Å²) in [6, 6.07) is 17.7. The lowest BCUT2D eigenvalue weighted by Crippen LogP contribution is -2.07. The molecule has 104 valence electrons. The molecule has 0 amide bonds. The molecule has 4 heteroatoms. The zero-order valence-electron chi connectivity index (χ0n) is 11.3. The van der Waals surface area contributed by atoms with E-state index in [0.717, 1.165) is 27.7 Å². The Morgan fingerprint density at radius 3 is 2.86 bits per heavy atom. The molecule has 21 heavy (non-hydrogen) atoms. The van der Waals surface area contributed by atoms with Gasteiger partial charge in [0.25, 0.3) is 0 Å². The predicted octanol–water partition coefficient (Wildman–Crippen LogP) is 4.35. The number of rotatable bonds is 4. The molecular weight excluding hydrogens is 328 g/mol. The number of fused-ring (bicyclic) bond motifs is 1. The fourth-order valence-corrected chi connectivity index (χ4v) is 2.66. The van der Waals surface area contributed by atoms with E-state index in [0.29, 0.717) is 12.2 Å². The Morgan fingerprint density at radius 1 is 1.14 bits per heavy atom. The van der Waals surface area contributed by atoms with Gasteiger partial charge < -0.3 is 9.30 Å². The molecule has 3 aromatic rings. The maximum absolute atomic E-state index is 8.91. The molecular formula is C17H13BrN2O. The van der Waals surface area contributed by atoms with Crippen molar-refractivity contribution in [3.63, 3.8) is 0 Å². The van der Waals surface area contributed by atoms with Crippen LogP contribution in [0.1, 0.15) is 5.56 Å². The lowest BCUT2D eigenvalue weighted by molar-refractivity contribution is 0.300. The van der Waals surface area contributed by atoms with E-state index in [-0.39, 0.29) is 0 Å². The van der Waals surface area contributed by atoms with Crippen molar-refractivity contribution in [2.24, 2.45) is 0 Å². The van der Waals surface area contributed by atoms with Gasteiger partial charge >= 0.3 is 0 Å². The highest BCUT2D eigenvalue weighted by Crippen LogP contribution is 2.19. The third-order valence-corrected chi connectivity index (χ3v) is 3.79. The van der Waals surface area contributed by atoms with E-state index in [9.17, 15) is 0 Å². The lowest BCUT2D eigenvalue weighted by Gasteiger charge is -2.08. The molecule has 3 rings (SSSR count). The zero-order chi connectivity index (χ0) is 14.7. The first-order valence-corrected chi connectivity index (χ1v) is 7.43. The summed E-state index contributed by atoms with van der Waals surface area (Å²) >= 11 is 3.43. The topological polar surface area (TPSA) is 38.0 Å². The van der Waals surface area contributed by atoms with Gasteiger partial charge in [-0.1, -0.05) is 22.0 Å². The largest absolute Gasteiger partial charge is 0.492 e. The van der Waals surface area contributed by atoms with E-state index >= 15 is 0 Å². The van der Waals surface area contributed by atoms with Gasteiger partial charge in [0.1, 0.15) is 12.4 Å². The van der Waals surface area contributed by atoms with Gasteiger partial charge in [-0.25, -0.2) is 0 Å². The van der Waals surface area contributed by atoms with Crippen LogP contribution in [0, 0.1) is 11.3 Å². The predicted molar refractivity (Wildman–Crippen MR) is 86.3 cm³/mol. The highest BCUT2D eigenvalue weighted by Gasteiger charge is 2.02. The zero-order valence-corrected chi connectivity index (χ0v) is 12.9. The van der Waals surface area contributed by atoms with Gasteiger partial charge in [0, 0.05) is 21.6 Å². The summed E-state index contributed by atoms with van der Waals surface area (Å²) in [5, 5.41) is 9.99. The third kappa shape index (κ3) is 3.09. The minimum Gasteiger partial charge on any atom is -0.492 e. The lowest BCUT2D eigenvalue weighted by atomic mass is 10.2. The number of nitriles is 1. The third-order valence-electron chi connectivity index (χ3n) is 3.30. The quantitative estimate of drug-likeness (QED) is 0.707. The van der Waals surface area contributed by atoms with Crippen LogP contribution >= 0.6 is 15.9 Å². The first kappa shape index (κ1) is 13.7. The van der Waals surface area contributed by atoms with Gasteiger partial charge in [0.05, 0.1) is 18.2 Å². The Bertz CT molecular complexity index is 817. The normalized spacial score (nSPS) is 10.5. The van der Waals surface area contributed by atoms with Gasteiger partial charge in [0.15, 0.2) is 0 Å². The second-order valence-electron chi connectivity index (χ2n) is 4.70. The highest BCUT2D eigenvalue weighted by molar-refractivity contribution is 9.10. The molecule has 0 radical (unpaired) electrons. The Balaban J connectivity index is 1.70. The average molecular weight is 341 g/mol. The highest BCUT2D eigenvalue weighted by atomic mass is 79.9. The van der Waals surface area contributed by atoms with Crippen LogP contribution in [0.15, 0.2) is 59.2 Å². The van der Waals surface area contributed by atoms with Crippen LogP contribution in [-0.2, 0) is 6.54 Å². The molecule has 0 aliphatic rings. The Labute approximate surface area is 131 Å². The molecule has 0 bridgehead atoms. The van der Waals surface area contributed by atoms with Gasteiger partial charge in [0.2, 0.25) is 0 Å². The van der Waals surface area contributed by atoms with E-state index < -0.39 is 0 Å². The van der Waals surface area contributed by atoms with Crippen LogP contribution in [0.3, 0.4) is 0 Å². The molecule has 0 unspecified atom stereocenters. The molecule has 1 aromatic heterocycles. The number of nitrogens with zero attached hydrogens (tertiary/aromatic N) is 2. The second-order valence-corrected chi connectivity index (χ2v) is 5.62. The number of benzene rings is 2. The van der Waals surface area contributed by atoms with Crippen molar-refractivity contribution in [2.45, 2.75) is 6.54 Å². The fraction of sp³-hybridized carbons (Fsp3) is 0.118. The summed E-state index contributed by atoms with van der Waals surface area (Å²) in [7, 11) is 0. The van der Waals surface area contributed by atoms with Crippen molar-refractivity contribution in [2.75, 3.05) is 6.61 Å². The number of ether oxygens (including phenoxy) is 1. The Hall–Kier alpha value is -2.25. The molecule has 0 aliphatic heterocycles. The van der Waals surface area contributed by atoms with Gasteiger partial charge in [-0.05, 0) is 42.5 Å². The minimum absolute atomic E-state index is 0.597. The van der Waals surface area contributed by atoms with E-state index in [1.54, 1.807) is 0 Å². The summed E-state index contributed by atoms with van der Waals surface area (Å²) < 4.78 is 8.89. The number of hydrogen-bond acceptors (Lipinski definition) is 2. The van der Waals surface area contributed by atoms with Gasteiger partial charge in [-0.2, -0.15) is 5.26 Å². The SMILES string of the molecule is N#Cc1ccc2c(ccn2CCOc2cccc(Br)c2)c1. The van der Waals surface area contributed by atoms with Crippen molar-refractivity contribution in [3.05, 3.63) is 64.8 Å². The minimum atomic E-state index is 0.597. The molecule has 0 spiro atoms. The first-order chi connectivity index (χ1) is 10.3. The first-order valence-electron chi connectivity index (χ1n) is 6.63. The van der Waals surface area contributed by atoms with Crippen LogP contribution in [0.4, 0.5) is 0 Å². The summed E-state index contributed by atoms with van der Waals surface area (Å²) in [4.78, 5) is 0. The molecule has 2 aromatic carbocycles. The maximum Gasteiger partial charge on any atom is 0.120 e. The monoisotopic (exact) mass is 340 g/mol. The molecule has 0 fully saturated rings. The van der Waals surface area contributed by atoms with E-state index in [2.05, 4.69) is 26.6 Å². The average Bonchev–Trinajstić information content (AvgIpc) is 2.90. The van der Waals surface area contributed by atoms with Crippen LogP contribution in [0.5, 0.6) is 5.75 Å². The van der Waals surface area contributed by atoms with Crippen LogP contribution < -0.4 is 4.74 Å². The van der Waals surface area contributed by atoms with Gasteiger partial charge in [-0.3, -0.25) is 0 Å². The smallest absolute Gasteiger partial charge is 0.120 e. The Kier molecular flexibility index (Phi) is 3.94. The molecule has 0 saturated carbocycles. The van der Waals surface area contributed by atoms with Crippen molar-refractivity contribution >= 4 is 26.8 Å². The van der Waals surface area contributed by atoms with Crippen LogP contribution in [0.2, 0.25) is 0 Å². The summed E-state index contributed by atoms with van der Waals surface area (Å²) in [6.07, 6.45) is 2.02. The van der Waals surface area contributed by atoms with Crippen molar-refractivity contribution in [3.8, 4) is 11.8 Å². The molecule has 0 saturated heterocycles. The van der Waals surface area contributed by atoms with E-state index in [4.69, 9.17) is 10.00 Å². The number of halogens is 1. The summed E-state index contributed by atoms with van der Waals surface area (Å²) in [5.74, 6) is 0.854. The molecule has 3 nitrogen and oxygen atoms in total. The van der Waals surface area contributed by atoms with E-state index in [1.807, 2.05) is 54.7 Å². The number of hydrogen-bond donors (Lipinski definition) is 0. The fourth-order valence-electron chi connectivity index (χ4n) is 2.28. The molecule has 0 atom stereocenters. The van der Waals surface area contributed by atoms with Gasteiger partial charge in [-0.15, -0.1) is 0 Å². The van der Waals surface area contributed by atoms with E-state index in [1.165, 1.54) is 0 Å². The van der Waals surface area contributed by atoms with Crippen LogP contribution in [-0.4, -0.2) is 11.2 Å². The molecule has 1 heterocycles. The molecule has 0 N–H and O–H groups in total. The molecule has 0 aliphatic carbocycles. The Morgan fingerprint density at radius 2 is 2.05 bits per heavy atom. The second kappa shape index (κ2) is 6.02. The van der Waals surface area contributed by atoms with Crippen molar-refractivity contribution in [1.29, 1.82) is 5.26 Å². The number of aromatic nitrogens is 1. The summed E-state index contributed by atoms with van der Waals surface area (Å²) in [6.45, 7) is 1.36. The maximum atomic E-state index is 8.91.